The lowest BCUT2D eigenvalue weighted by atomic mass is 10.1. The van der Waals surface area contributed by atoms with Gasteiger partial charge in [0.15, 0.2) is 0 Å². The quantitative estimate of drug-likeness (QED) is 0.752. The number of rotatable bonds is 3. The first-order valence-electron chi connectivity index (χ1n) is 3.77. The lowest BCUT2D eigenvalue weighted by molar-refractivity contribution is 0.285. The number of hydrogen-bond acceptors (Lipinski definition) is 3. The zero-order valence-electron chi connectivity index (χ0n) is 6.87. The van der Waals surface area contributed by atoms with E-state index in [0.717, 1.165) is 16.3 Å². The molecule has 0 atom stereocenters. The predicted octanol–water partition coefficient (Wildman–Crippen LogP) is 1.83. The topological polar surface area (TPSA) is 33.1 Å². The second kappa shape index (κ2) is 3.83. The van der Waals surface area contributed by atoms with E-state index in [1.54, 1.807) is 17.5 Å². The maximum Gasteiger partial charge on any atom is 0.0931 e. The highest BCUT2D eigenvalue weighted by Gasteiger charge is 2.02. The summed E-state index contributed by atoms with van der Waals surface area (Å²) in [5, 5.41) is 9.88. The normalized spacial score (nSPS) is 10.9. The van der Waals surface area contributed by atoms with Crippen LogP contribution in [0.2, 0.25) is 0 Å². The van der Waals surface area contributed by atoms with E-state index in [2.05, 4.69) is 18.8 Å². The SMILES string of the molecule is CC(C)Cc1ncc(CO)s1. The third-order valence-electron chi connectivity index (χ3n) is 1.34. The highest BCUT2D eigenvalue weighted by Crippen LogP contribution is 2.15. The average molecular weight is 171 g/mol. The van der Waals surface area contributed by atoms with E-state index in [1.807, 2.05) is 0 Å². The molecule has 3 heteroatoms. The number of hydrogen-bond donors (Lipinski definition) is 1. The summed E-state index contributed by atoms with van der Waals surface area (Å²) in [6.07, 6.45) is 2.77. The third kappa shape index (κ3) is 2.60. The van der Waals surface area contributed by atoms with Gasteiger partial charge in [-0.25, -0.2) is 4.98 Å². The Bertz CT molecular complexity index is 220. The molecule has 0 radical (unpaired) electrons. The second-order valence-electron chi connectivity index (χ2n) is 2.98. The van der Waals surface area contributed by atoms with Gasteiger partial charge in [0.25, 0.3) is 0 Å². The molecular weight excluding hydrogens is 158 g/mol. The van der Waals surface area contributed by atoms with Crippen molar-refractivity contribution >= 4 is 11.3 Å². The highest BCUT2D eigenvalue weighted by molar-refractivity contribution is 7.11. The molecule has 1 aromatic rings. The molecule has 11 heavy (non-hydrogen) atoms. The van der Waals surface area contributed by atoms with Gasteiger partial charge in [0.2, 0.25) is 0 Å². The molecule has 0 aliphatic carbocycles. The number of aliphatic hydroxyl groups excluding tert-OH is 1. The summed E-state index contributed by atoms with van der Waals surface area (Å²) in [6, 6.07) is 0. The van der Waals surface area contributed by atoms with Crippen LogP contribution >= 0.6 is 11.3 Å². The molecule has 1 rings (SSSR count). The number of aliphatic hydroxyl groups is 1. The van der Waals surface area contributed by atoms with Crippen LogP contribution < -0.4 is 0 Å². The summed E-state index contributed by atoms with van der Waals surface area (Å²) in [7, 11) is 0. The Morgan fingerprint density at radius 3 is 2.82 bits per heavy atom. The lowest BCUT2D eigenvalue weighted by Gasteiger charge is -1.97. The molecular formula is C8H13NOS. The van der Waals surface area contributed by atoms with Gasteiger partial charge in [0, 0.05) is 12.6 Å². The number of aromatic nitrogens is 1. The van der Waals surface area contributed by atoms with Crippen molar-refractivity contribution in [3.8, 4) is 0 Å². The second-order valence-corrected chi connectivity index (χ2v) is 4.18. The van der Waals surface area contributed by atoms with Gasteiger partial charge < -0.3 is 5.11 Å². The number of nitrogens with zero attached hydrogens (tertiary/aromatic N) is 1. The smallest absolute Gasteiger partial charge is 0.0931 e. The molecule has 0 bridgehead atoms. The van der Waals surface area contributed by atoms with Crippen LogP contribution in [-0.2, 0) is 13.0 Å². The van der Waals surface area contributed by atoms with Crippen molar-refractivity contribution in [1.29, 1.82) is 0 Å². The predicted molar refractivity (Wildman–Crippen MR) is 46.6 cm³/mol. The fourth-order valence-electron chi connectivity index (χ4n) is 0.865. The van der Waals surface area contributed by atoms with E-state index in [4.69, 9.17) is 5.11 Å². The fourth-order valence-corrected chi connectivity index (χ4v) is 1.86. The summed E-state index contributed by atoms with van der Waals surface area (Å²) in [6.45, 7) is 4.45. The van der Waals surface area contributed by atoms with E-state index in [1.165, 1.54) is 0 Å². The van der Waals surface area contributed by atoms with Gasteiger partial charge in [-0.1, -0.05) is 13.8 Å². The minimum absolute atomic E-state index is 0.121. The Hall–Kier alpha value is -0.410. The van der Waals surface area contributed by atoms with E-state index in [0.29, 0.717) is 5.92 Å². The van der Waals surface area contributed by atoms with Crippen LogP contribution in [0.5, 0.6) is 0 Å². The summed E-state index contributed by atoms with van der Waals surface area (Å²) in [5.74, 6) is 0.646. The molecule has 1 aromatic heterocycles. The van der Waals surface area contributed by atoms with Gasteiger partial charge in [0.1, 0.15) is 0 Å². The van der Waals surface area contributed by atoms with E-state index < -0.39 is 0 Å². The van der Waals surface area contributed by atoms with Gasteiger partial charge >= 0.3 is 0 Å². The molecule has 0 saturated carbocycles. The highest BCUT2D eigenvalue weighted by atomic mass is 32.1. The van der Waals surface area contributed by atoms with Crippen molar-refractivity contribution in [2.45, 2.75) is 26.9 Å². The van der Waals surface area contributed by atoms with E-state index in [-0.39, 0.29) is 6.61 Å². The van der Waals surface area contributed by atoms with Crippen LogP contribution in [0.1, 0.15) is 23.7 Å². The van der Waals surface area contributed by atoms with Crippen molar-refractivity contribution in [3.05, 3.63) is 16.1 Å². The first-order chi connectivity index (χ1) is 5.22. The minimum atomic E-state index is 0.121. The van der Waals surface area contributed by atoms with Crippen molar-refractivity contribution in [2.24, 2.45) is 5.92 Å². The summed E-state index contributed by atoms with van der Waals surface area (Å²) < 4.78 is 0. The Labute approximate surface area is 70.9 Å². The van der Waals surface area contributed by atoms with Crippen LogP contribution in [0, 0.1) is 5.92 Å². The lowest BCUT2D eigenvalue weighted by Crippen LogP contribution is -1.91. The average Bonchev–Trinajstić information content (AvgIpc) is 2.34. The fraction of sp³-hybridized carbons (Fsp3) is 0.625. The van der Waals surface area contributed by atoms with Crippen molar-refractivity contribution in [1.82, 2.24) is 4.98 Å². The Balaban J connectivity index is 2.58. The van der Waals surface area contributed by atoms with Crippen molar-refractivity contribution in [2.75, 3.05) is 0 Å². The molecule has 0 aliphatic rings. The van der Waals surface area contributed by atoms with Crippen LogP contribution in [0.4, 0.5) is 0 Å². The van der Waals surface area contributed by atoms with Gasteiger partial charge in [-0.15, -0.1) is 11.3 Å². The molecule has 0 aromatic carbocycles. The maximum absolute atomic E-state index is 8.76. The monoisotopic (exact) mass is 171 g/mol. The molecule has 0 amide bonds. The minimum Gasteiger partial charge on any atom is -0.391 e. The molecule has 0 spiro atoms. The summed E-state index contributed by atoms with van der Waals surface area (Å²) in [5.41, 5.74) is 0. The molecule has 62 valence electrons. The Morgan fingerprint density at radius 2 is 2.36 bits per heavy atom. The molecule has 1 heterocycles. The third-order valence-corrected chi connectivity index (χ3v) is 2.34. The molecule has 1 N–H and O–H groups in total. The number of thiazole rings is 1. The van der Waals surface area contributed by atoms with Crippen LogP contribution in [0.3, 0.4) is 0 Å². The standard InChI is InChI=1S/C8H13NOS/c1-6(2)3-8-9-4-7(5-10)11-8/h4,6,10H,3,5H2,1-2H3. The van der Waals surface area contributed by atoms with Crippen molar-refractivity contribution in [3.63, 3.8) is 0 Å². The summed E-state index contributed by atoms with van der Waals surface area (Å²) in [4.78, 5) is 5.14. The molecule has 0 saturated heterocycles. The van der Waals surface area contributed by atoms with Gasteiger partial charge in [0.05, 0.1) is 16.5 Å². The first kappa shape index (κ1) is 8.68. The zero-order chi connectivity index (χ0) is 8.27. The van der Waals surface area contributed by atoms with E-state index in [9.17, 15) is 0 Å². The van der Waals surface area contributed by atoms with E-state index >= 15 is 0 Å². The molecule has 0 aliphatic heterocycles. The molecule has 0 unspecified atom stereocenters. The van der Waals surface area contributed by atoms with Gasteiger partial charge in [-0.05, 0) is 5.92 Å². The first-order valence-corrected chi connectivity index (χ1v) is 4.58. The maximum atomic E-state index is 8.76. The van der Waals surface area contributed by atoms with Crippen LogP contribution in [0.15, 0.2) is 6.20 Å². The Morgan fingerprint density at radius 1 is 1.64 bits per heavy atom. The largest absolute Gasteiger partial charge is 0.391 e. The van der Waals surface area contributed by atoms with Crippen LogP contribution in [-0.4, -0.2) is 10.1 Å². The van der Waals surface area contributed by atoms with Crippen LogP contribution in [0.25, 0.3) is 0 Å². The summed E-state index contributed by atoms with van der Waals surface area (Å²) >= 11 is 1.60. The van der Waals surface area contributed by atoms with Gasteiger partial charge in [-0.2, -0.15) is 0 Å². The Kier molecular flexibility index (Phi) is 3.02. The van der Waals surface area contributed by atoms with Crippen molar-refractivity contribution < 1.29 is 5.11 Å². The zero-order valence-corrected chi connectivity index (χ0v) is 7.69. The molecule has 2 nitrogen and oxygen atoms in total. The van der Waals surface area contributed by atoms with Gasteiger partial charge in [-0.3, -0.25) is 0 Å². The molecule has 0 fully saturated rings.